The molecule has 170 valence electrons. The van der Waals surface area contributed by atoms with Gasteiger partial charge in [-0.15, -0.1) is 0 Å². The van der Waals surface area contributed by atoms with Crippen LogP contribution in [-0.2, 0) is 27.8 Å². The number of aryl methyl sites for hydroxylation is 2. The van der Waals surface area contributed by atoms with Gasteiger partial charge in [0, 0.05) is 43.3 Å². The summed E-state index contributed by atoms with van der Waals surface area (Å²) in [5.41, 5.74) is 2.28. The molecule has 2 aromatic carbocycles. The van der Waals surface area contributed by atoms with Gasteiger partial charge >= 0.3 is 0 Å². The number of piperidine rings is 1. The fraction of sp³-hybridized carbons (Fsp3) is 0.400. The first kappa shape index (κ1) is 22.6. The lowest BCUT2D eigenvalue weighted by Gasteiger charge is -2.31. The van der Waals surface area contributed by atoms with Crippen LogP contribution in [0.2, 0.25) is 0 Å². The summed E-state index contributed by atoms with van der Waals surface area (Å²) >= 11 is 0. The van der Waals surface area contributed by atoms with Gasteiger partial charge in [0.05, 0.1) is 10.8 Å². The van der Waals surface area contributed by atoms with E-state index in [1.165, 1.54) is 9.87 Å². The van der Waals surface area contributed by atoms with Gasteiger partial charge in [-0.1, -0.05) is 30.3 Å². The van der Waals surface area contributed by atoms with Crippen LogP contribution in [0.4, 0.5) is 0 Å². The van der Waals surface area contributed by atoms with Crippen LogP contribution in [0.25, 0.3) is 10.9 Å². The van der Waals surface area contributed by atoms with Crippen molar-refractivity contribution in [3.05, 3.63) is 66.4 Å². The minimum absolute atomic E-state index is 0.0477. The van der Waals surface area contributed by atoms with E-state index in [1.54, 1.807) is 12.1 Å². The van der Waals surface area contributed by atoms with Crippen LogP contribution in [0, 0.1) is 5.92 Å². The molecule has 1 N–H and O–H groups in total. The van der Waals surface area contributed by atoms with Gasteiger partial charge in [-0.3, -0.25) is 4.79 Å². The van der Waals surface area contributed by atoms with Crippen LogP contribution >= 0.6 is 0 Å². The summed E-state index contributed by atoms with van der Waals surface area (Å²) in [5, 5.41) is 3.92. The minimum Gasteiger partial charge on any atom is -0.356 e. The molecule has 6 nitrogen and oxygen atoms in total. The summed E-state index contributed by atoms with van der Waals surface area (Å²) < 4.78 is 30.1. The molecule has 1 aliphatic rings. The molecule has 0 aliphatic carbocycles. The van der Waals surface area contributed by atoms with Crippen molar-refractivity contribution >= 4 is 26.8 Å². The van der Waals surface area contributed by atoms with Gasteiger partial charge in [-0.05, 0) is 62.4 Å². The number of amides is 1. The van der Waals surface area contributed by atoms with Gasteiger partial charge in [-0.2, -0.15) is 4.31 Å². The maximum absolute atomic E-state index is 13.3. The molecule has 0 saturated carbocycles. The zero-order chi connectivity index (χ0) is 22.6. The van der Waals surface area contributed by atoms with Crippen LogP contribution in [0.3, 0.4) is 0 Å². The number of fused-ring (bicyclic) bond motifs is 1. The van der Waals surface area contributed by atoms with Gasteiger partial charge in [0.2, 0.25) is 15.9 Å². The molecule has 0 unspecified atom stereocenters. The molecule has 1 atom stereocenters. The zero-order valence-corrected chi connectivity index (χ0v) is 19.4. The highest BCUT2D eigenvalue weighted by Crippen LogP contribution is 2.27. The van der Waals surface area contributed by atoms with Gasteiger partial charge < -0.3 is 9.88 Å². The first-order valence-electron chi connectivity index (χ1n) is 11.4. The third kappa shape index (κ3) is 4.89. The van der Waals surface area contributed by atoms with Crippen molar-refractivity contribution in [2.45, 2.75) is 44.0 Å². The Morgan fingerprint density at radius 3 is 2.72 bits per heavy atom. The predicted octanol–water partition coefficient (Wildman–Crippen LogP) is 3.81. The molecule has 0 bridgehead atoms. The van der Waals surface area contributed by atoms with Crippen LogP contribution in [-0.4, -0.2) is 42.8 Å². The van der Waals surface area contributed by atoms with Crippen LogP contribution in [0.1, 0.15) is 31.7 Å². The highest BCUT2D eigenvalue weighted by atomic mass is 32.2. The van der Waals surface area contributed by atoms with E-state index in [-0.39, 0.29) is 18.4 Å². The van der Waals surface area contributed by atoms with Crippen molar-refractivity contribution in [3.8, 4) is 0 Å². The second-order valence-electron chi connectivity index (χ2n) is 8.40. The zero-order valence-electron chi connectivity index (χ0n) is 18.5. The lowest BCUT2D eigenvalue weighted by atomic mass is 9.99. The molecule has 1 aliphatic heterocycles. The van der Waals surface area contributed by atoms with Crippen molar-refractivity contribution in [2.24, 2.45) is 5.92 Å². The van der Waals surface area contributed by atoms with Crippen molar-refractivity contribution in [1.82, 2.24) is 14.2 Å². The predicted molar refractivity (Wildman–Crippen MR) is 127 cm³/mol. The molecule has 2 heterocycles. The Morgan fingerprint density at radius 1 is 1.12 bits per heavy atom. The fourth-order valence-corrected chi connectivity index (χ4v) is 5.99. The van der Waals surface area contributed by atoms with Gasteiger partial charge in [0.15, 0.2) is 0 Å². The first-order chi connectivity index (χ1) is 15.5. The van der Waals surface area contributed by atoms with E-state index >= 15 is 0 Å². The number of benzene rings is 2. The fourth-order valence-electron chi connectivity index (χ4n) is 4.43. The maximum Gasteiger partial charge on any atom is 0.243 e. The van der Waals surface area contributed by atoms with Gasteiger partial charge in [0.1, 0.15) is 0 Å². The van der Waals surface area contributed by atoms with E-state index in [2.05, 4.69) is 28.9 Å². The van der Waals surface area contributed by atoms with Crippen LogP contribution in [0.15, 0.2) is 65.7 Å². The molecular weight excluding hydrogens is 422 g/mol. The number of aromatic nitrogens is 1. The molecule has 4 rings (SSSR count). The number of hydrogen-bond acceptors (Lipinski definition) is 3. The summed E-state index contributed by atoms with van der Waals surface area (Å²) in [4.78, 5) is 13.0. The second-order valence-corrected chi connectivity index (χ2v) is 10.3. The quantitative estimate of drug-likeness (QED) is 0.527. The van der Waals surface area contributed by atoms with E-state index in [1.807, 2.05) is 36.5 Å². The molecule has 7 heteroatoms. The largest absolute Gasteiger partial charge is 0.356 e. The maximum atomic E-state index is 13.3. The number of carbonyl (C=O) groups excluding carboxylic acids is 1. The molecule has 1 fully saturated rings. The van der Waals surface area contributed by atoms with Crippen molar-refractivity contribution < 1.29 is 13.2 Å². The standard InChI is InChI=1S/C25H31N3O3S/c1-2-27-17-14-21-18-23(12-13-24(21)27)32(30,31)28-16-7-11-22(19-28)25(29)26-15-6-10-20-8-4-3-5-9-20/h3-5,8-9,12-14,17-18,22H,2,6-7,10-11,15-16,19H2,1H3,(H,26,29)/t22-/m1/s1. The van der Waals surface area contributed by atoms with E-state index < -0.39 is 10.0 Å². The summed E-state index contributed by atoms with van der Waals surface area (Å²) in [6.45, 7) is 4.19. The minimum atomic E-state index is -3.63. The molecule has 3 aromatic rings. The van der Waals surface area contributed by atoms with Crippen molar-refractivity contribution in [2.75, 3.05) is 19.6 Å². The number of rotatable bonds is 8. The second kappa shape index (κ2) is 9.88. The Hall–Kier alpha value is -2.64. The van der Waals surface area contributed by atoms with Gasteiger partial charge in [0.25, 0.3) is 0 Å². The molecule has 1 saturated heterocycles. The average molecular weight is 454 g/mol. The van der Waals surface area contributed by atoms with Crippen molar-refractivity contribution in [1.29, 1.82) is 0 Å². The summed E-state index contributed by atoms with van der Waals surface area (Å²) in [7, 11) is -3.63. The van der Waals surface area contributed by atoms with Crippen LogP contribution in [0.5, 0.6) is 0 Å². The van der Waals surface area contributed by atoms with E-state index in [0.29, 0.717) is 24.4 Å². The Kier molecular flexibility index (Phi) is 6.96. The Labute approximate surface area is 190 Å². The van der Waals surface area contributed by atoms with E-state index in [0.717, 1.165) is 36.7 Å². The molecular formula is C25H31N3O3S. The highest BCUT2D eigenvalue weighted by Gasteiger charge is 2.33. The number of carbonyl (C=O) groups is 1. The molecule has 0 radical (unpaired) electrons. The number of nitrogens with one attached hydrogen (secondary N) is 1. The molecule has 32 heavy (non-hydrogen) atoms. The third-order valence-corrected chi connectivity index (χ3v) is 8.12. The van der Waals surface area contributed by atoms with Crippen LogP contribution < -0.4 is 5.32 Å². The monoisotopic (exact) mass is 453 g/mol. The number of sulfonamides is 1. The van der Waals surface area contributed by atoms with Gasteiger partial charge in [-0.25, -0.2) is 8.42 Å². The number of nitrogens with zero attached hydrogens (tertiary/aromatic N) is 2. The van der Waals surface area contributed by atoms with E-state index in [4.69, 9.17) is 0 Å². The molecule has 1 amide bonds. The van der Waals surface area contributed by atoms with E-state index in [9.17, 15) is 13.2 Å². The topological polar surface area (TPSA) is 71.4 Å². The lowest BCUT2D eigenvalue weighted by molar-refractivity contribution is -0.126. The smallest absolute Gasteiger partial charge is 0.243 e. The Morgan fingerprint density at radius 2 is 1.94 bits per heavy atom. The summed E-state index contributed by atoms with van der Waals surface area (Å²) in [5.74, 6) is -0.353. The number of hydrogen-bond donors (Lipinski definition) is 1. The third-order valence-electron chi connectivity index (χ3n) is 6.26. The normalized spacial score (nSPS) is 17.5. The Balaban J connectivity index is 1.36. The first-order valence-corrected chi connectivity index (χ1v) is 12.8. The SMILES string of the molecule is CCn1ccc2cc(S(=O)(=O)N3CCC[C@@H](C(=O)NCCCc4ccccc4)C3)ccc21. The lowest BCUT2D eigenvalue weighted by Crippen LogP contribution is -2.45. The summed E-state index contributed by atoms with van der Waals surface area (Å²) in [6, 6.07) is 17.4. The average Bonchev–Trinajstić information content (AvgIpc) is 3.25. The molecule has 0 spiro atoms. The Bertz CT molecular complexity index is 1170. The van der Waals surface area contributed by atoms with Crippen molar-refractivity contribution in [3.63, 3.8) is 0 Å². The highest BCUT2D eigenvalue weighted by molar-refractivity contribution is 7.89. The summed E-state index contributed by atoms with van der Waals surface area (Å²) in [6.07, 6.45) is 5.15. The molecule has 1 aromatic heterocycles.